The highest BCUT2D eigenvalue weighted by Crippen LogP contribution is 2.46. The maximum atomic E-state index is 14.5. The molecular weight excluding hydrogens is 537 g/mol. The topological polar surface area (TPSA) is 65.4 Å². The molecule has 0 spiro atoms. The molecule has 5 aromatic rings. The fraction of sp³-hybridized carbons (Fsp3) is 0.273. The maximum absolute atomic E-state index is 14.5. The van der Waals surface area contributed by atoms with Crippen molar-refractivity contribution in [1.82, 2.24) is 14.9 Å². The number of halogens is 1. The average molecular weight is 570 g/mol. The van der Waals surface area contributed by atoms with E-state index in [0.29, 0.717) is 18.1 Å². The number of thiophene rings is 1. The Labute approximate surface area is 242 Å². The number of nitrogens with one attached hydrogen (secondary N) is 1. The van der Waals surface area contributed by atoms with E-state index in [9.17, 15) is 9.18 Å². The Morgan fingerprint density at radius 1 is 1.02 bits per heavy atom. The summed E-state index contributed by atoms with van der Waals surface area (Å²) in [5.74, 6) is 0.0395. The molecule has 0 fully saturated rings. The fourth-order valence-corrected chi connectivity index (χ4v) is 6.39. The molecule has 0 saturated heterocycles. The van der Waals surface area contributed by atoms with Gasteiger partial charge in [0.1, 0.15) is 18.2 Å². The molecular formula is C33H32FN3O3S. The van der Waals surface area contributed by atoms with Gasteiger partial charge in [0, 0.05) is 70.4 Å². The Bertz CT molecular complexity index is 1790. The van der Waals surface area contributed by atoms with Gasteiger partial charge < -0.3 is 19.4 Å². The largest absolute Gasteiger partial charge is 0.490 e. The molecule has 1 aliphatic heterocycles. The summed E-state index contributed by atoms with van der Waals surface area (Å²) in [5, 5.41) is 6.53. The normalized spacial score (nSPS) is 13.1. The van der Waals surface area contributed by atoms with Crippen molar-refractivity contribution >= 4 is 21.4 Å². The predicted molar refractivity (Wildman–Crippen MR) is 163 cm³/mol. The van der Waals surface area contributed by atoms with E-state index in [1.54, 1.807) is 35.1 Å². The molecule has 6 rings (SSSR count). The second kappa shape index (κ2) is 11.6. The molecule has 0 atom stereocenters. The van der Waals surface area contributed by atoms with Gasteiger partial charge in [0.25, 0.3) is 5.56 Å². The van der Waals surface area contributed by atoms with Crippen LogP contribution in [0.25, 0.3) is 43.7 Å². The molecule has 1 N–H and O–H groups in total. The van der Waals surface area contributed by atoms with Crippen LogP contribution in [0.4, 0.5) is 4.39 Å². The second-order valence-electron chi connectivity index (χ2n) is 10.5. The summed E-state index contributed by atoms with van der Waals surface area (Å²) in [6, 6.07) is 16.7. The maximum Gasteiger partial charge on any atom is 0.250 e. The van der Waals surface area contributed by atoms with Crippen LogP contribution in [-0.2, 0) is 17.7 Å². The first-order chi connectivity index (χ1) is 19.9. The minimum Gasteiger partial charge on any atom is -0.490 e. The highest BCUT2D eigenvalue weighted by molar-refractivity contribution is 7.18. The summed E-state index contributed by atoms with van der Waals surface area (Å²) in [4.78, 5) is 18.0. The van der Waals surface area contributed by atoms with Gasteiger partial charge in [0.05, 0.1) is 18.0 Å². The van der Waals surface area contributed by atoms with Crippen molar-refractivity contribution in [2.24, 2.45) is 0 Å². The van der Waals surface area contributed by atoms with Gasteiger partial charge in [-0.3, -0.25) is 4.79 Å². The van der Waals surface area contributed by atoms with Gasteiger partial charge >= 0.3 is 0 Å². The Morgan fingerprint density at radius 3 is 2.71 bits per heavy atom. The van der Waals surface area contributed by atoms with E-state index in [1.165, 1.54) is 23.3 Å². The quantitative estimate of drug-likeness (QED) is 0.207. The van der Waals surface area contributed by atoms with Crippen molar-refractivity contribution in [1.29, 1.82) is 0 Å². The Hall–Kier alpha value is -3.85. The Morgan fingerprint density at radius 2 is 1.88 bits per heavy atom. The van der Waals surface area contributed by atoms with E-state index in [4.69, 9.17) is 14.5 Å². The molecule has 0 saturated carbocycles. The highest BCUT2D eigenvalue weighted by Gasteiger charge is 2.23. The van der Waals surface area contributed by atoms with E-state index in [2.05, 4.69) is 35.0 Å². The van der Waals surface area contributed by atoms with Gasteiger partial charge in [-0.15, -0.1) is 11.3 Å². The van der Waals surface area contributed by atoms with E-state index in [0.717, 1.165) is 57.5 Å². The van der Waals surface area contributed by atoms with E-state index < -0.39 is 0 Å². The number of benzene rings is 2. The number of rotatable bonds is 8. The van der Waals surface area contributed by atoms with Gasteiger partial charge in [-0.25, -0.2) is 9.37 Å². The first-order valence-electron chi connectivity index (χ1n) is 13.8. The van der Waals surface area contributed by atoms with Crippen molar-refractivity contribution < 1.29 is 13.9 Å². The minimum atomic E-state index is -0.383. The predicted octanol–water partition coefficient (Wildman–Crippen LogP) is 6.85. The molecule has 0 bridgehead atoms. The number of pyridine rings is 2. The average Bonchev–Trinajstić information content (AvgIpc) is 3.47. The van der Waals surface area contributed by atoms with Crippen LogP contribution >= 0.6 is 11.3 Å². The summed E-state index contributed by atoms with van der Waals surface area (Å²) in [7, 11) is 1.60. The number of hydrogen-bond donors (Lipinski definition) is 1. The zero-order chi connectivity index (χ0) is 28.5. The molecule has 0 amide bonds. The van der Waals surface area contributed by atoms with E-state index >= 15 is 0 Å². The number of fused-ring (bicyclic) bond motifs is 2. The van der Waals surface area contributed by atoms with Crippen molar-refractivity contribution in [2.75, 3.05) is 26.9 Å². The van der Waals surface area contributed by atoms with Crippen LogP contribution < -0.4 is 15.6 Å². The van der Waals surface area contributed by atoms with Crippen molar-refractivity contribution in [3.63, 3.8) is 0 Å². The summed E-state index contributed by atoms with van der Waals surface area (Å²) in [6.45, 7) is 6.45. The molecule has 41 heavy (non-hydrogen) atoms. The monoisotopic (exact) mass is 569 g/mol. The lowest BCUT2D eigenvalue weighted by Gasteiger charge is -2.20. The molecule has 210 valence electrons. The van der Waals surface area contributed by atoms with Gasteiger partial charge in [0.2, 0.25) is 0 Å². The van der Waals surface area contributed by atoms with Crippen LogP contribution in [0.5, 0.6) is 5.75 Å². The van der Waals surface area contributed by atoms with Crippen LogP contribution in [0.15, 0.2) is 71.0 Å². The van der Waals surface area contributed by atoms with Crippen LogP contribution in [-0.4, -0.2) is 36.4 Å². The summed E-state index contributed by atoms with van der Waals surface area (Å²) in [6.07, 6.45) is 2.84. The fourth-order valence-electron chi connectivity index (χ4n) is 5.43. The van der Waals surface area contributed by atoms with Gasteiger partial charge in [0.15, 0.2) is 0 Å². The Kier molecular flexibility index (Phi) is 7.71. The summed E-state index contributed by atoms with van der Waals surface area (Å²) < 4.78 is 28.4. The number of hydrogen-bond acceptors (Lipinski definition) is 6. The number of methoxy groups -OCH3 is 1. The van der Waals surface area contributed by atoms with Crippen molar-refractivity contribution in [3.05, 3.63) is 93.5 Å². The lowest BCUT2D eigenvalue weighted by Crippen LogP contribution is -2.23. The van der Waals surface area contributed by atoms with Crippen LogP contribution in [0, 0.1) is 5.82 Å². The van der Waals surface area contributed by atoms with E-state index in [-0.39, 0.29) is 24.0 Å². The van der Waals surface area contributed by atoms with Crippen molar-refractivity contribution in [2.45, 2.75) is 32.9 Å². The molecule has 0 radical (unpaired) electrons. The van der Waals surface area contributed by atoms with Gasteiger partial charge in [-0.2, -0.15) is 0 Å². The number of nitrogens with zero attached hydrogens (tertiary/aromatic N) is 2. The molecule has 2 aromatic carbocycles. The summed E-state index contributed by atoms with van der Waals surface area (Å²) >= 11 is 1.62. The number of aromatic nitrogens is 2. The van der Waals surface area contributed by atoms with Crippen LogP contribution in [0.3, 0.4) is 0 Å². The second-order valence-corrected chi connectivity index (χ2v) is 11.4. The first kappa shape index (κ1) is 27.3. The number of ether oxygens (including phenoxy) is 2. The standard InChI is InChI=1S/C33H32FN3O3S/c1-20(2)37-19-24(6-9-29(37)38)32-30(26-8-7-25(34)17-28(26)40-14-13-39-3)33-27(11-15-41-33)31(36-32)22-4-5-23-18-35-12-10-21(23)16-22/h4-9,11,15-17,19-20,35H,10,12-14,18H2,1-3H3. The molecule has 0 aliphatic carbocycles. The van der Waals surface area contributed by atoms with Crippen LogP contribution in [0.1, 0.15) is 31.0 Å². The lowest BCUT2D eigenvalue weighted by atomic mass is 9.93. The smallest absolute Gasteiger partial charge is 0.250 e. The first-order valence-corrected chi connectivity index (χ1v) is 14.7. The summed E-state index contributed by atoms with van der Waals surface area (Å²) in [5.41, 5.74) is 7.61. The molecule has 8 heteroatoms. The highest BCUT2D eigenvalue weighted by atomic mass is 32.1. The SMILES string of the molecule is COCCOc1cc(F)ccc1-c1c(-c2ccc(=O)n(C(C)C)c2)nc(-c2ccc3c(c2)CCNC3)c2ccsc12. The molecule has 4 heterocycles. The third kappa shape index (κ3) is 5.30. The zero-order valence-electron chi connectivity index (χ0n) is 23.4. The third-order valence-electron chi connectivity index (χ3n) is 7.50. The van der Waals surface area contributed by atoms with Gasteiger partial charge in [-0.1, -0.05) is 12.1 Å². The molecule has 0 unspecified atom stereocenters. The molecule has 1 aliphatic rings. The molecule has 3 aromatic heterocycles. The molecule has 6 nitrogen and oxygen atoms in total. The third-order valence-corrected chi connectivity index (χ3v) is 8.43. The van der Waals surface area contributed by atoms with E-state index in [1.807, 2.05) is 26.1 Å². The minimum absolute atomic E-state index is 0.0242. The Balaban J connectivity index is 1.64. The zero-order valence-corrected chi connectivity index (χ0v) is 24.2. The van der Waals surface area contributed by atoms with Gasteiger partial charge in [-0.05, 0) is 73.7 Å². The van der Waals surface area contributed by atoms with Crippen molar-refractivity contribution in [3.8, 4) is 39.4 Å². The lowest BCUT2D eigenvalue weighted by molar-refractivity contribution is 0.146. The van der Waals surface area contributed by atoms with Crippen LogP contribution in [0.2, 0.25) is 0 Å².